The van der Waals surface area contributed by atoms with Gasteiger partial charge in [-0.15, -0.1) is 0 Å². The maximum Gasteiger partial charge on any atom is 0.241 e. The van der Waals surface area contributed by atoms with Gasteiger partial charge in [0.2, 0.25) is 5.91 Å². The number of hydrogen-bond donors (Lipinski definition) is 1. The number of carbonyl (C=O) groups excluding carboxylic acids is 1. The molecular weight excluding hydrogens is 322 g/mol. The number of nitrogens with one attached hydrogen (secondary N) is 1. The monoisotopic (exact) mass is 349 g/mol. The predicted molar refractivity (Wildman–Crippen MR) is 95.9 cm³/mol. The van der Waals surface area contributed by atoms with Crippen molar-refractivity contribution in [2.45, 2.75) is 43.9 Å². The number of aromatic nitrogens is 2. The van der Waals surface area contributed by atoms with Crippen LogP contribution < -0.4 is 5.32 Å². The molecule has 132 valence electrons. The number of carbonyl (C=O) groups is 1. The summed E-state index contributed by atoms with van der Waals surface area (Å²) in [7, 11) is 0. The van der Waals surface area contributed by atoms with E-state index in [9.17, 15) is 4.79 Å². The maximum atomic E-state index is 12.6. The maximum absolute atomic E-state index is 12.6. The zero-order chi connectivity index (χ0) is 16.8. The molecule has 24 heavy (non-hydrogen) atoms. The van der Waals surface area contributed by atoms with Crippen LogP contribution in [0.5, 0.6) is 0 Å². The summed E-state index contributed by atoms with van der Waals surface area (Å²) >= 11 is 1.70. The summed E-state index contributed by atoms with van der Waals surface area (Å²) in [5, 5.41) is 4.23. The molecule has 0 aromatic carbocycles. The first kappa shape index (κ1) is 17.6. The molecule has 1 atom stereocenters. The van der Waals surface area contributed by atoms with Crippen molar-refractivity contribution in [2.24, 2.45) is 0 Å². The molecular formula is C17H27N5OS. The molecule has 1 aromatic heterocycles. The lowest BCUT2D eigenvalue weighted by atomic mass is 10.1. The molecule has 2 aliphatic rings. The van der Waals surface area contributed by atoms with Crippen molar-refractivity contribution in [3.63, 3.8) is 0 Å². The van der Waals surface area contributed by atoms with E-state index >= 15 is 0 Å². The minimum atomic E-state index is -0.0721. The van der Waals surface area contributed by atoms with Crippen molar-refractivity contribution in [2.75, 3.05) is 38.5 Å². The molecule has 1 amide bonds. The van der Waals surface area contributed by atoms with Crippen molar-refractivity contribution in [1.82, 2.24) is 25.1 Å². The lowest BCUT2D eigenvalue weighted by Gasteiger charge is -2.34. The Kier molecular flexibility index (Phi) is 6.45. The SMILES string of the molecule is CCCSc1ncc(CN2CCNC(C(=O)N3CCCC3)C2)cn1. The average molecular weight is 350 g/mol. The van der Waals surface area contributed by atoms with Gasteiger partial charge in [0.15, 0.2) is 5.16 Å². The summed E-state index contributed by atoms with van der Waals surface area (Å²) in [4.78, 5) is 25.7. The van der Waals surface area contributed by atoms with Crippen LogP contribution in [0.3, 0.4) is 0 Å². The summed E-state index contributed by atoms with van der Waals surface area (Å²) in [5.74, 6) is 1.32. The van der Waals surface area contributed by atoms with Crippen molar-refractivity contribution >= 4 is 17.7 Å². The minimum absolute atomic E-state index is 0.0721. The van der Waals surface area contributed by atoms with E-state index in [-0.39, 0.29) is 11.9 Å². The Morgan fingerprint density at radius 2 is 2.04 bits per heavy atom. The van der Waals surface area contributed by atoms with E-state index in [1.165, 1.54) is 0 Å². The second kappa shape index (κ2) is 8.78. The summed E-state index contributed by atoms with van der Waals surface area (Å²) in [6.07, 6.45) is 7.25. The molecule has 0 saturated carbocycles. The zero-order valence-electron chi connectivity index (χ0n) is 14.4. The normalized spacial score (nSPS) is 22.0. The number of piperazine rings is 1. The van der Waals surface area contributed by atoms with Crippen molar-refractivity contribution in [3.05, 3.63) is 18.0 Å². The molecule has 2 fully saturated rings. The molecule has 2 aliphatic heterocycles. The predicted octanol–water partition coefficient (Wildman–Crippen LogP) is 1.37. The van der Waals surface area contributed by atoms with Crippen LogP contribution in [0.2, 0.25) is 0 Å². The van der Waals surface area contributed by atoms with Crippen molar-refractivity contribution in [3.8, 4) is 0 Å². The molecule has 0 radical (unpaired) electrons. The summed E-state index contributed by atoms with van der Waals surface area (Å²) in [6.45, 7) is 7.38. The van der Waals surface area contributed by atoms with Crippen molar-refractivity contribution in [1.29, 1.82) is 0 Å². The number of hydrogen-bond acceptors (Lipinski definition) is 6. The first-order chi connectivity index (χ1) is 11.8. The molecule has 0 aliphatic carbocycles. The second-order valence-corrected chi connectivity index (χ2v) is 7.56. The molecule has 1 unspecified atom stereocenters. The average Bonchev–Trinajstić information content (AvgIpc) is 3.15. The Labute approximate surface area is 148 Å². The van der Waals surface area contributed by atoms with Crippen LogP contribution in [0, 0.1) is 0 Å². The van der Waals surface area contributed by atoms with Crippen LogP contribution in [0.1, 0.15) is 31.7 Å². The minimum Gasteiger partial charge on any atom is -0.341 e. The third-order valence-corrected chi connectivity index (χ3v) is 5.58. The standard InChI is InChI=1S/C17H27N5OS/c1-2-9-24-17-19-10-14(11-20-17)12-21-8-5-18-15(13-21)16(23)22-6-3-4-7-22/h10-11,15,18H,2-9,12-13H2,1H3. The highest BCUT2D eigenvalue weighted by molar-refractivity contribution is 7.99. The van der Waals surface area contributed by atoms with Gasteiger partial charge >= 0.3 is 0 Å². The zero-order valence-corrected chi connectivity index (χ0v) is 15.2. The summed E-state index contributed by atoms with van der Waals surface area (Å²) < 4.78 is 0. The number of likely N-dealkylation sites (tertiary alicyclic amines) is 1. The van der Waals surface area contributed by atoms with Gasteiger partial charge in [0.05, 0.1) is 6.04 Å². The van der Waals surface area contributed by atoms with Gasteiger partial charge < -0.3 is 10.2 Å². The van der Waals surface area contributed by atoms with E-state index in [1.54, 1.807) is 11.8 Å². The first-order valence-electron chi connectivity index (χ1n) is 8.94. The second-order valence-electron chi connectivity index (χ2n) is 6.50. The molecule has 3 heterocycles. The molecule has 1 N–H and O–H groups in total. The lowest BCUT2D eigenvalue weighted by molar-refractivity contribution is -0.133. The number of amides is 1. The van der Waals surface area contributed by atoms with Gasteiger partial charge in [-0.3, -0.25) is 9.69 Å². The van der Waals surface area contributed by atoms with E-state index in [1.807, 2.05) is 17.3 Å². The van der Waals surface area contributed by atoms with Gasteiger partial charge in [-0.2, -0.15) is 0 Å². The number of thioether (sulfide) groups is 1. The number of rotatable bonds is 6. The molecule has 2 saturated heterocycles. The third kappa shape index (κ3) is 4.68. The fraction of sp³-hybridized carbons (Fsp3) is 0.706. The van der Waals surface area contributed by atoms with Gasteiger partial charge in [-0.25, -0.2) is 9.97 Å². The Morgan fingerprint density at radius 3 is 2.75 bits per heavy atom. The summed E-state index contributed by atoms with van der Waals surface area (Å²) in [6, 6.07) is -0.0721. The van der Waals surface area contributed by atoms with E-state index in [0.29, 0.717) is 0 Å². The highest BCUT2D eigenvalue weighted by Crippen LogP contribution is 2.15. The summed E-state index contributed by atoms with van der Waals surface area (Å²) in [5.41, 5.74) is 1.12. The van der Waals surface area contributed by atoms with Gasteiger partial charge in [0, 0.05) is 63.0 Å². The third-order valence-electron chi connectivity index (χ3n) is 4.50. The quantitative estimate of drug-likeness (QED) is 0.618. The Hall–Kier alpha value is -1.18. The highest BCUT2D eigenvalue weighted by atomic mass is 32.2. The largest absolute Gasteiger partial charge is 0.341 e. The van der Waals surface area contributed by atoms with Gasteiger partial charge in [0.25, 0.3) is 0 Å². The smallest absolute Gasteiger partial charge is 0.241 e. The van der Waals surface area contributed by atoms with E-state index in [2.05, 4.69) is 27.1 Å². The molecule has 3 rings (SSSR count). The lowest BCUT2D eigenvalue weighted by Crippen LogP contribution is -2.57. The van der Waals surface area contributed by atoms with Crippen molar-refractivity contribution < 1.29 is 4.79 Å². The van der Waals surface area contributed by atoms with Crippen LogP contribution >= 0.6 is 11.8 Å². The first-order valence-corrected chi connectivity index (χ1v) is 9.93. The van der Waals surface area contributed by atoms with Gasteiger partial charge in [0.1, 0.15) is 0 Å². The molecule has 7 heteroatoms. The van der Waals surface area contributed by atoms with E-state index in [0.717, 1.165) is 75.0 Å². The van der Waals surface area contributed by atoms with Gasteiger partial charge in [-0.1, -0.05) is 18.7 Å². The van der Waals surface area contributed by atoms with Crippen LogP contribution in [0.25, 0.3) is 0 Å². The Bertz CT molecular complexity index is 532. The Balaban J connectivity index is 1.52. The Morgan fingerprint density at radius 1 is 1.29 bits per heavy atom. The van der Waals surface area contributed by atoms with Crippen LogP contribution in [-0.4, -0.2) is 70.2 Å². The molecule has 1 aromatic rings. The molecule has 0 spiro atoms. The van der Waals surface area contributed by atoms with Crippen LogP contribution in [-0.2, 0) is 11.3 Å². The fourth-order valence-corrected chi connectivity index (χ4v) is 3.87. The molecule has 6 nitrogen and oxygen atoms in total. The number of nitrogens with zero attached hydrogens (tertiary/aromatic N) is 4. The van der Waals surface area contributed by atoms with E-state index in [4.69, 9.17) is 0 Å². The van der Waals surface area contributed by atoms with E-state index < -0.39 is 0 Å². The topological polar surface area (TPSA) is 61.4 Å². The van der Waals surface area contributed by atoms with Crippen LogP contribution in [0.15, 0.2) is 17.6 Å². The van der Waals surface area contributed by atoms with Crippen LogP contribution in [0.4, 0.5) is 0 Å². The fourth-order valence-electron chi connectivity index (χ4n) is 3.23. The van der Waals surface area contributed by atoms with Gasteiger partial charge in [-0.05, 0) is 19.3 Å². The highest BCUT2D eigenvalue weighted by Gasteiger charge is 2.30. The molecule has 0 bridgehead atoms.